The van der Waals surface area contributed by atoms with Crippen molar-refractivity contribution in [3.05, 3.63) is 53.7 Å². The standard InChI is InChI=1S/C22H28N4O2.HI/c1-23-21(25-15-16-8-7-13-24-20(16)27-2)26-18-14-22(11-5-6-12-22)28-19-10-4-3-9-17(18)19;/h3-4,7-10,13,18H,5-6,11-12,14-15H2,1-2H3,(H2,23,25,26);1H. The molecule has 2 aliphatic rings. The number of nitrogens with zero attached hydrogens (tertiary/aromatic N) is 2. The Labute approximate surface area is 189 Å². The van der Waals surface area contributed by atoms with Crippen molar-refractivity contribution in [2.75, 3.05) is 14.2 Å². The van der Waals surface area contributed by atoms with Crippen LogP contribution in [0.15, 0.2) is 47.6 Å². The highest BCUT2D eigenvalue weighted by Crippen LogP contribution is 2.46. The van der Waals surface area contributed by atoms with Gasteiger partial charge in [0.2, 0.25) is 5.88 Å². The Morgan fingerprint density at radius 1 is 1.24 bits per heavy atom. The molecular weight excluding hydrogens is 479 g/mol. The number of benzene rings is 1. The van der Waals surface area contributed by atoms with Crippen molar-refractivity contribution in [3.63, 3.8) is 0 Å². The number of aliphatic imine (C=N–C) groups is 1. The van der Waals surface area contributed by atoms with E-state index in [-0.39, 0.29) is 35.6 Å². The van der Waals surface area contributed by atoms with Crippen LogP contribution in [0.1, 0.15) is 49.3 Å². The molecule has 2 N–H and O–H groups in total. The Bertz CT molecular complexity index is 852. The van der Waals surface area contributed by atoms with Gasteiger partial charge in [0.05, 0.1) is 13.2 Å². The molecule has 1 unspecified atom stereocenters. The molecule has 1 aromatic heterocycles. The van der Waals surface area contributed by atoms with Crippen LogP contribution >= 0.6 is 24.0 Å². The Morgan fingerprint density at radius 3 is 2.79 bits per heavy atom. The minimum absolute atomic E-state index is 0. The summed E-state index contributed by atoms with van der Waals surface area (Å²) in [6, 6.07) is 12.4. The van der Waals surface area contributed by atoms with Gasteiger partial charge in [0.1, 0.15) is 11.4 Å². The van der Waals surface area contributed by atoms with Crippen LogP contribution in [0, 0.1) is 0 Å². The minimum atomic E-state index is -0.0442. The highest BCUT2D eigenvalue weighted by molar-refractivity contribution is 14.0. The molecule has 156 valence electrons. The summed E-state index contributed by atoms with van der Waals surface area (Å²) in [6.45, 7) is 0.590. The predicted octanol–water partition coefficient (Wildman–Crippen LogP) is 4.21. The zero-order chi connectivity index (χ0) is 19.4. The smallest absolute Gasteiger partial charge is 0.218 e. The van der Waals surface area contributed by atoms with Crippen molar-refractivity contribution in [2.24, 2.45) is 4.99 Å². The third-order valence-electron chi connectivity index (χ3n) is 5.74. The van der Waals surface area contributed by atoms with E-state index in [1.807, 2.05) is 18.2 Å². The summed E-state index contributed by atoms with van der Waals surface area (Å²) in [5, 5.41) is 7.01. The zero-order valence-electron chi connectivity index (χ0n) is 17.0. The molecule has 0 radical (unpaired) electrons. The van der Waals surface area contributed by atoms with Crippen LogP contribution in [0.5, 0.6) is 11.6 Å². The molecule has 4 rings (SSSR count). The maximum atomic E-state index is 6.46. The zero-order valence-corrected chi connectivity index (χ0v) is 19.3. The van der Waals surface area contributed by atoms with Crippen molar-refractivity contribution in [1.29, 1.82) is 0 Å². The van der Waals surface area contributed by atoms with Gasteiger partial charge in [-0.05, 0) is 37.8 Å². The molecule has 1 atom stereocenters. The van der Waals surface area contributed by atoms with Gasteiger partial charge < -0.3 is 20.1 Å². The molecule has 1 aliphatic heterocycles. The predicted molar refractivity (Wildman–Crippen MR) is 125 cm³/mol. The molecule has 1 aliphatic carbocycles. The van der Waals surface area contributed by atoms with Crippen molar-refractivity contribution in [1.82, 2.24) is 15.6 Å². The summed E-state index contributed by atoms with van der Waals surface area (Å²) in [7, 11) is 3.44. The van der Waals surface area contributed by atoms with E-state index in [0.717, 1.165) is 36.5 Å². The van der Waals surface area contributed by atoms with Gasteiger partial charge in [0, 0.05) is 37.3 Å². The Hall–Kier alpha value is -2.03. The van der Waals surface area contributed by atoms with Gasteiger partial charge in [-0.3, -0.25) is 4.99 Å². The van der Waals surface area contributed by atoms with Crippen molar-refractivity contribution in [2.45, 2.75) is 50.3 Å². The van der Waals surface area contributed by atoms with Gasteiger partial charge in [0.15, 0.2) is 5.96 Å². The van der Waals surface area contributed by atoms with Crippen molar-refractivity contribution < 1.29 is 9.47 Å². The van der Waals surface area contributed by atoms with Crippen LogP contribution in [-0.2, 0) is 6.54 Å². The van der Waals surface area contributed by atoms with Crippen LogP contribution in [0.3, 0.4) is 0 Å². The molecule has 1 spiro atoms. The number of halogens is 1. The highest BCUT2D eigenvalue weighted by atomic mass is 127. The van der Waals surface area contributed by atoms with Gasteiger partial charge in [-0.15, -0.1) is 24.0 Å². The molecule has 1 fully saturated rings. The van der Waals surface area contributed by atoms with E-state index in [2.05, 4.69) is 38.8 Å². The van der Waals surface area contributed by atoms with Crippen LogP contribution in [0.4, 0.5) is 0 Å². The molecule has 7 heteroatoms. The molecule has 2 aromatic rings. The fraction of sp³-hybridized carbons (Fsp3) is 0.455. The quantitative estimate of drug-likeness (QED) is 0.368. The van der Waals surface area contributed by atoms with Gasteiger partial charge in [-0.1, -0.05) is 24.3 Å². The number of fused-ring (bicyclic) bond motifs is 1. The number of hydrogen-bond acceptors (Lipinski definition) is 4. The van der Waals surface area contributed by atoms with E-state index in [4.69, 9.17) is 9.47 Å². The number of nitrogens with one attached hydrogen (secondary N) is 2. The first kappa shape index (κ1) is 21.7. The number of para-hydroxylation sites is 1. The monoisotopic (exact) mass is 508 g/mol. The number of ether oxygens (including phenoxy) is 2. The average molecular weight is 508 g/mol. The first-order valence-corrected chi connectivity index (χ1v) is 9.96. The SMILES string of the molecule is CN=C(NCc1cccnc1OC)NC1CC2(CCCC2)Oc2ccccc21.I. The van der Waals surface area contributed by atoms with E-state index in [1.54, 1.807) is 20.4 Å². The summed E-state index contributed by atoms with van der Waals surface area (Å²) in [6.07, 6.45) is 7.42. The Kier molecular flexibility index (Phi) is 7.21. The summed E-state index contributed by atoms with van der Waals surface area (Å²) in [4.78, 5) is 8.69. The second kappa shape index (κ2) is 9.65. The number of aromatic nitrogens is 1. The molecule has 0 saturated heterocycles. The van der Waals surface area contributed by atoms with Crippen LogP contribution in [0.2, 0.25) is 0 Å². The van der Waals surface area contributed by atoms with Gasteiger partial charge in [-0.2, -0.15) is 0 Å². The van der Waals surface area contributed by atoms with E-state index in [1.165, 1.54) is 18.4 Å². The van der Waals surface area contributed by atoms with E-state index in [0.29, 0.717) is 12.4 Å². The van der Waals surface area contributed by atoms with E-state index in [9.17, 15) is 0 Å². The molecule has 2 heterocycles. The van der Waals surface area contributed by atoms with Gasteiger partial charge in [0.25, 0.3) is 0 Å². The van der Waals surface area contributed by atoms with Crippen LogP contribution in [-0.4, -0.2) is 30.7 Å². The topological polar surface area (TPSA) is 67.8 Å². The van der Waals surface area contributed by atoms with Crippen molar-refractivity contribution >= 4 is 29.9 Å². The summed E-state index contributed by atoms with van der Waals surface area (Å²) in [5.41, 5.74) is 2.15. The second-order valence-electron chi connectivity index (χ2n) is 7.53. The lowest BCUT2D eigenvalue weighted by atomic mass is 9.86. The third-order valence-corrected chi connectivity index (χ3v) is 5.74. The molecule has 29 heavy (non-hydrogen) atoms. The number of rotatable bonds is 4. The molecular formula is C22H29IN4O2. The minimum Gasteiger partial charge on any atom is -0.487 e. The summed E-state index contributed by atoms with van der Waals surface area (Å²) < 4.78 is 11.8. The largest absolute Gasteiger partial charge is 0.487 e. The van der Waals surface area contributed by atoms with Crippen molar-refractivity contribution in [3.8, 4) is 11.6 Å². The second-order valence-corrected chi connectivity index (χ2v) is 7.53. The third kappa shape index (κ3) is 4.76. The van der Waals surface area contributed by atoms with Crippen LogP contribution < -0.4 is 20.1 Å². The summed E-state index contributed by atoms with van der Waals surface area (Å²) in [5.74, 6) is 2.39. The number of guanidine groups is 1. The number of methoxy groups -OCH3 is 1. The Morgan fingerprint density at radius 2 is 2.03 bits per heavy atom. The van der Waals surface area contributed by atoms with Gasteiger partial charge >= 0.3 is 0 Å². The fourth-order valence-electron chi connectivity index (χ4n) is 4.35. The number of pyridine rings is 1. The summed E-state index contributed by atoms with van der Waals surface area (Å²) >= 11 is 0. The van der Waals surface area contributed by atoms with Gasteiger partial charge in [-0.25, -0.2) is 4.98 Å². The van der Waals surface area contributed by atoms with E-state index >= 15 is 0 Å². The molecule has 1 aromatic carbocycles. The molecule has 0 bridgehead atoms. The average Bonchev–Trinajstić information content (AvgIpc) is 3.18. The molecule has 6 nitrogen and oxygen atoms in total. The van der Waals surface area contributed by atoms with E-state index < -0.39 is 0 Å². The lowest BCUT2D eigenvalue weighted by Crippen LogP contribution is -2.46. The highest BCUT2D eigenvalue weighted by Gasteiger charge is 2.43. The lowest BCUT2D eigenvalue weighted by molar-refractivity contribution is 0.0396. The molecule has 0 amide bonds. The fourth-order valence-corrected chi connectivity index (χ4v) is 4.35. The first-order chi connectivity index (χ1) is 13.7. The first-order valence-electron chi connectivity index (χ1n) is 9.96. The van der Waals surface area contributed by atoms with Crippen LogP contribution in [0.25, 0.3) is 0 Å². The normalized spacial score (nSPS) is 19.7. The lowest BCUT2D eigenvalue weighted by Gasteiger charge is -2.40. The maximum Gasteiger partial charge on any atom is 0.218 e. The maximum absolute atomic E-state index is 6.46. The Balaban J connectivity index is 0.00000240. The molecule has 1 saturated carbocycles. The number of hydrogen-bond donors (Lipinski definition) is 2.